The molecule has 0 bridgehead atoms. The van der Waals surface area contributed by atoms with Gasteiger partial charge < -0.3 is 0 Å². The van der Waals surface area contributed by atoms with Crippen molar-refractivity contribution in [2.24, 2.45) is 0 Å². The Morgan fingerprint density at radius 1 is 1.23 bits per heavy atom. The molecule has 1 fully saturated rings. The average Bonchev–Trinajstić information content (AvgIpc) is 1.98. The van der Waals surface area contributed by atoms with Crippen molar-refractivity contribution in [3.63, 3.8) is 0 Å². The van der Waals surface area contributed by atoms with Crippen LogP contribution >= 0.6 is 7.59 Å². The van der Waals surface area contributed by atoms with Crippen LogP contribution in [-0.4, -0.2) is 19.1 Å². The Morgan fingerprint density at radius 2 is 1.77 bits per heavy atom. The molecule has 0 unspecified atom stereocenters. The van der Waals surface area contributed by atoms with E-state index in [2.05, 4.69) is 15.3 Å². The summed E-state index contributed by atoms with van der Waals surface area (Å²) in [4.78, 5) is 0. The lowest BCUT2D eigenvalue weighted by molar-refractivity contribution is 0.378. The predicted octanol–water partition coefficient (Wildman–Crippen LogP) is 1.46. The van der Waals surface area contributed by atoms with Crippen molar-refractivity contribution in [2.45, 2.75) is 39.2 Å². The summed E-state index contributed by atoms with van der Waals surface area (Å²) in [6.45, 7) is 5.38. The van der Waals surface area contributed by atoms with Gasteiger partial charge in [0.05, 0.1) is 0 Å². The molecule has 1 saturated carbocycles. The monoisotopic (exact) mass is 205 g/mol. The summed E-state index contributed by atoms with van der Waals surface area (Å²) < 4.78 is 12.1. The zero-order chi connectivity index (χ0) is 9.73. The van der Waals surface area contributed by atoms with E-state index in [1.54, 1.807) is 0 Å². The van der Waals surface area contributed by atoms with Crippen LogP contribution in [0.5, 0.6) is 0 Å². The zero-order valence-electron chi connectivity index (χ0n) is 8.47. The van der Waals surface area contributed by atoms with Crippen LogP contribution in [0.4, 0.5) is 0 Å². The van der Waals surface area contributed by atoms with Gasteiger partial charge in [0.25, 0.3) is 7.59 Å². The molecule has 0 saturated heterocycles. The van der Waals surface area contributed by atoms with Crippen molar-refractivity contribution in [3.8, 4) is 0 Å². The first kappa shape index (κ1) is 11.2. The van der Waals surface area contributed by atoms with Crippen LogP contribution in [0.1, 0.15) is 33.1 Å². The van der Waals surface area contributed by atoms with Gasteiger partial charge in [0.15, 0.2) is 0 Å². The van der Waals surface area contributed by atoms with Gasteiger partial charge in [-0.05, 0) is 12.8 Å². The fourth-order valence-corrected chi connectivity index (χ4v) is 3.34. The molecule has 1 aliphatic carbocycles. The maximum Gasteiger partial charge on any atom is 0.279 e. The van der Waals surface area contributed by atoms with Gasteiger partial charge in [0.1, 0.15) is 0 Å². The highest BCUT2D eigenvalue weighted by molar-refractivity contribution is 7.57. The summed E-state index contributed by atoms with van der Waals surface area (Å²) >= 11 is 0. The summed E-state index contributed by atoms with van der Waals surface area (Å²) in [5, 5.41) is 9.15. The standard InChI is InChI=1S/C8H20N3OP/c1-3-9-13(12,10-4-2)11-8-6-5-7-8/h8H,3-7H2,1-2H3,(H3,9,10,11,12). The van der Waals surface area contributed by atoms with E-state index in [9.17, 15) is 4.57 Å². The zero-order valence-corrected chi connectivity index (χ0v) is 9.36. The molecule has 13 heavy (non-hydrogen) atoms. The Labute approximate surface area is 80.4 Å². The van der Waals surface area contributed by atoms with E-state index in [-0.39, 0.29) is 0 Å². The fourth-order valence-electron chi connectivity index (χ4n) is 1.39. The maximum atomic E-state index is 12.1. The highest BCUT2D eigenvalue weighted by Crippen LogP contribution is 2.34. The molecule has 5 heteroatoms. The molecule has 0 heterocycles. The highest BCUT2D eigenvalue weighted by Gasteiger charge is 2.27. The largest absolute Gasteiger partial charge is 0.279 e. The van der Waals surface area contributed by atoms with Crippen LogP contribution < -0.4 is 15.3 Å². The van der Waals surface area contributed by atoms with Crippen molar-refractivity contribution >= 4 is 7.59 Å². The van der Waals surface area contributed by atoms with Gasteiger partial charge in [-0.2, -0.15) is 0 Å². The van der Waals surface area contributed by atoms with Crippen molar-refractivity contribution in [1.29, 1.82) is 0 Å². The molecule has 0 spiro atoms. The van der Waals surface area contributed by atoms with Gasteiger partial charge in [-0.1, -0.05) is 20.3 Å². The molecule has 0 aromatic rings. The van der Waals surface area contributed by atoms with Crippen molar-refractivity contribution in [3.05, 3.63) is 0 Å². The van der Waals surface area contributed by atoms with E-state index in [0.717, 1.165) is 25.9 Å². The van der Waals surface area contributed by atoms with Crippen LogP contribution in [0.3, 0.4) is 0 Å². The maximum absolute atomic E-state index is 12.1. The van der Waals surface area contributed by atoms with Crippen LogP contribution in [0.2, 0.25) is 0 Å². The molecule has 0 aromatic carbocycles. The Hall–Kier alpha value is 0.110. The van der Waals surface area contributed by atoms with E-state index in [1.807, 2.05) is 13.8 Å². The van der Waals surface area contributed by atoms with Crippen LogP contribution in [0, 0.1) is 0 Å². The van der Waals surface area contributed by atoms with E-state index in [4.69, 9.17) is 0 Å². The number of hydrogen-bond donors (Lipinski definition) is 3. The molecule has 0 amide bonds. The third-order valence-electron chi connectivity index (χ3n) is 2.23. The van der Waals surface area contributed by atoms with E-state index in [1.165, 1.54) is 6.42 Å². The highest BCUT2D eigenvalue weighted by atomic mass is 31.2. The predicted molar refractivity (Wildman–Crippen MR) is 55.7 cm³/mol. The van der Waals surface area contributed by atoms with Gasteiger partial charge >= 0.3 is 0 Å². The van der Waals surface area contributed by atoms with Crippen molar-refractivity contribution in [1.82, 2.24) is 15.3 Å². The first-order valence-electron chi connectivity index (χ1n) is 5.08. The second-order valence-corrected chi connectivity index (χ2v) is 5.50. The lowest BCUT2D eigenvalue weighted by Gasteiger charge is -2.31. The normalized spacial score (nSPS) is 18.6. The smallest absolute Gasteiger partial charge is 0.271 e. The first-order valence-corrected chi connectivity index (χ1v) is 6.79. The second kappa shape index (κ2) is 5.11. The SMILES string of the molecule is CCNP(=O)(NCC)NC1CCC1. The minimum atomic E-state index is -2.49. The van der Waals surface area contributed by atoms with Gasteiger partial charge in [-0.25, -0.2) is 15.3 Å². The number of rotatable bonds is 6. The van der Waals surface area contributed by atoms with Crippen LogP contribution in [0.15, 0.2) is 0 Å². The van der Waals surface area contributed by atoms with Crippen LogP contribution in [0.25, 0.3) is 0 Å². The molecule has 0 radical (unpaired) electrons. The molecular formula is C8H20N3OP. The minimum Gasteiger partial charge on any atom is -0.271 e. The van der Waals surface area contributed by atoms with E-state index < -0.39 is 7.59 Å². The Bertz CT molecular complexity index is 184. The molecule has 0 aromatic heterocycles. The lowest BCUT2D eigenvalue weighted by Crippen LogP contribution is -2.41. The lowest BCUT2D eigenvalue weighted by atomic mass is 9.94. The first-order chi connectivity index (χ1) is 6.20. The van der Waals surface area contributed by atoms with Crippen molar-refractivity contribution < 1.29 is 4.57 Å². The Morgan fingerprint density at radius 3 is 2.08 bits per heavy atom. The minimum absolute atomic E-state index is 0.448. The second-order valence-electron chi connectivity index (χ2n) is 3.39. The van der Waals surface area contributed by atoms with Crippen LogP contribution in [-0.2, 0) is 4.57 Å². The molecule has 78 valence electrons. The topological polar surface area (TPSA) is 53.2 Å². The van der Waals surface area contributed by atoms with Gasteiger partial charge in [0, 0.05) is 19.1 Å². The summed E-state index contributed by atoms with van der Waals surface area (Å²) in [7, 11) is -2.49. The number of hydrogen-bond acceptors (Lipinski definition) is 1. The summed E-state index contributed by atoms with van der Waals surface area (Å²) in [5.41, 5.74) is 0. The molecule has 4 nitrogen and oxygen atoms in total. The molecular weight excluding hydrogens is 185 g/mol. The fraction of sp³-hybridized carbons (Fsp3) is 1.00. The third kappa shape index (κ3) is 3.39. The molecule has 3 N–H and O–H groups in total. The molecule has 0 aliphatic heterocycles. The number of nitrogens with one attached hydrogen (secondary N) is 3. The summed E-state index contributed by atoms with van der Waals surface area (Å²) in [6.07, 6.45) is 3.57. The van der Waals surface area contributed by atoms with Crippen molar-refractivity contribution in [2.75, 3.05) is 13.1 Å². The van der Waals surface area contributed by atoms with Gasteiger partial charge in [0.2, 0.25) is 0 Å². The Kier molecular flexibility index (Phi) is 4.39. The molecule has 1 aliphatic rings. The molecule has 0 atom stereocenters. The third-order valence-corrected chi connectivity index (χ3v) is 4.48. The van der Waals surface area contributed by atoms with E-state index in [0.29, 0.717) is 6.04 Å². The summed E-state index contributed by atoms with van der Waals surface area (Å²) in [6, 6.07) is 0.448. The molecule has 1 rings (SSSR count). The quantitative estimate of drug-likeness (QED) is 0.574. The van der Waals surface area contributed by atoms with E-state index >= 15 is 0 Å². The Balaban J connectivity index is 2.39. The van der Waals surface area contributed by atoms with Gasteiger partial charge in [-0.15, -0.1) is 0 Å². The summed E-state index contributed by atoms with van der Waals surface area (Å²) in [5.74, 6) is 0. The van der Waals surface area contributed by atoms with Gasteiger partial charge in [-0.3, -0.25) is 4.57 Å². The average molecular weight is 205 g/mol.